The summed E-state index contributed by atoms with van der Waals surface area (Å²) < 4.78 is 7.02. The van der Waals surface area contributed by atoms with Crippen LogP contribution in [0.15, 0.2) is 6.20 Å². The van der Waals surface area contributed by atoms with Gasteiger partial charge in [-0.3, -0.25) is 14.5 Å². The Hall–Kier alpha value is -2.66. The molecule has 0 bridgehead atoms. The molecule has 8 heteroatoms. The summed E-state index contributed by atoms with van der Waals surface area (Å²) in [7, 11) is -1.62. The molecule has 1 fully saturated rings. The van der Waals surface area contributed by atoms with Gasteiger partial charge in [-0.05, 0) is 33.6 Å². The molecule has 1 aliphatic rings. The fourth-order valence-corrected chi connectivity index (χ4v) is 3.16. The van der Waals surface area contributed by atoms with Gasteiger partial charge in [0.1, 0.15) is 25.1 Å². The number of hydrogen-bond acceptors (Lipinski definition) is 5. The molecule has 2 aromatic rings. The lowest BCUT2D eigenvalue weighted by Gasteiger charge is -2.19. The van der Waals surface area contributed by atoms with E-state index in [0.717, 1.165) is 24.8 Å². The number of carbonyl (C=O) groups is 2. The second-order valence-electron chi connectivity index (χ2n) is 9.07. The maximum absolute atomic E-state index is 12.3. The van der Waals surface area contributed by atoms with Crippen LogP contribution < -0.4 is 5.32 Å². The fourth-order valence-electron chi connectivity index (χ4n) is 2.65. The van der Waals surface area contributed by atoms with Crippen LogP contribution in [0.4, 0.5) is 10.6 Å². The number of nitrogens with zero attached hydrogens (tertiary/aromatic N) is 3. The van der Waals surface area contributed by atoms with Crippen LogP contribution in [0, 0.1) is 11.5 Å². The van der Waals surface area contributed by atoms with Crippen LogP contribution in [-0.4, -0.2) is 40.4 Å². The highest BCUT2D eigenvalue weighted by molar-refractivity contribution is 6.83. The maximum Gasteiger partial charge on any atom is 0.413 e. The van der Waals surface area contributed by atoms with Gasteiger partial charge in [-0.2, -0.15) is 0 Å². The first-order valence-corrected chi connectivity index (χ1v) is 12.9. The van der Waals surface area contributed by atoms with Crippen LogP contribution in [0.2, 0.25) is 19.6 Å². The molecule has 148 valence electrons. The molecular weight excluding hydrogens is 372 g/mol. The molecule has 1 saturated carbocycles. The third kappa shape index (κ3) is 4.78. The first-order chi connectivity index (χ1) is 13.0. The molecule has 0 saturated heterocycles. The zero-order valence-electron chi connectivity index (χ0n) is 17.2. The lowest BCUT2D eigenvalue weighted by molar-refractivity contribution is 0.0635. The second kappa shape index (κ2) is 7.06. The number of ether oxygens (including phenoxy) is 1. The Morgan fingerprint density at radius 3 is 2.54 bits per heavy atom. The Morgan fingerprint density at radius 2 is 2.00 bits per heavy atom. The van der Waals surface area contributed by atoms with E-state index in [1.807, 2.05) is 0 Å². The average Bonchev–Trinajstić information content (AvgIpc) is 3.31. The van der Waals surface area contributed by atoms with Crippen molar-refractivity contribution in [2.45, 2.75) is 64.8 Å². The minimum Gasteiger partial charge on any atom is -0.444 e. The molecular formula is C20H26N4O3Si. The zero-order valence-corrected chi connectivity index (χ0v) is 18.2. The molecule has 2 heterocycles. The van der Waals surface area contributed by atoms with E-state index in [9.17, 15) is 9.59 Å². The molecule has 2 aromatic heterocycles. The second-order valence-corrected chi connectivity index (χ2v) is 13.8. The number of carbonyl (C=O) groups excluding carboxylic acids is 2. The number of imidazole rings is 1. The van der Waals surface area contributed by atoms with E-state index in [-0.39, 0.29) is 11.7 Å². The third-order valence-electron chi connectivity index (χ3n) is 3.93. The molecule has 0 aromatic carbocycles. The molecule has 0 atom stereocenters. The summed E-state index contributed by atoms with van der Waals surface area (Å²) in [4.78, 5) is 33.1. The van der Waals surface area contributed by atoms with Crippen LogP contribution in [0.5, 0.6) is 0 Å². The molecule has 1 N–H and O–H groups in total. The van der Waals surface area contributed by atoms with Crippen LogP contribution in [0.1, 0.15) is 61.4 Å². The van der Waals surface area contributed by atoms with Crippen LogP contribution in [0.25, 0.3) is 5.65 Å². The topological polar surface area (TPSA) is 85.6 Å². The predicted octanol–water partition coefficient (Wildman–Crippen LogP) is 4.00. The number of nitrogens with one attached hydrogen (secondary N) is 1. The van der Waals surface area contributed by atoms with Crippen molar-refractivity contribution in [3.8, 4) is 11.5 Å². The van der Waals surface area contributed by atoms with Gasteiger partial charge < -0.3 is 4.74 Å². The Morgan fingerprint density at radius 1 is 1.32 bits per heavy atom. The van der Waals surface area contributed by atoms with Crippen molar-refractivity contribution < 1.29 is 14.3 Å². The molecule has 1 aliphatic carbocycles. The van der Waals surface area contributed by atoms with E-state index in [4.69, 9.17) is 4.74 Å². The van der Waals surface area contributed by atoms with Crippen LogP contribution in [0.3, 0.4) is 0 Å². The van der Waals surface area contributed by atoms with Crippen molar-refractivity contribution in [3.05, 3.63) is 23.3 Å². The van der Waals surface area contributed by atoms with Gasteiger partial charge in [0.2, 0.25) is 0 Å². The number of aromatic nitrogens is 3. The van der Waals surface area contributed by atoms with E-state index >= 15 is 0 Å². The summed E-state index contributed by atoms with van der Waals surface area (Å²) in [5, 5.41) is 2.68. The number of fused-ring (bicyclic) bond motifs is 1. The minimum atomic E-state index is -1.62. The largest absolute Gasteiger partial charge is 0.444 e. The van der Waals surface area contributed by atoms with Gasteiger partial charge in [0.15, 0.2) is 17.8 Å². The number of hydrogen-bond donors (Lipinski definition) is 1. The monoisotopic (exact) mass is 398 g/mol. The molecule has 1 amide bonds. The summed E-state index contributed by atoms with van der Waals surface area (Å²) in [5.74, 6) is 3.61. The Kier molecular flexibility index (Phi) is 5.06. The van der Waals surface area contributed by atoms with Gasteiger partial charge in [0, 0.05) is 12.1 Å². The van der Waals surface area contributed by atoms with Crippen molar-refractivity contribution in [2.75, 3.05) is 5.32 Å². The first kappa shape index (κ1) is 20.1. The molecule has 0 aliphatic heterocycles. The highest BCUT2D eigenvalue weighted by atomic mass is 28.3. The highest BCUT2D eigenvalue weighted by Crippen LogP contribution is 2.41. The lowest BCUT2D eigenvalue weighted by Crippen LogP contribution is -2.27. The van der Waals surface area contributed by atoms with Gasteiger partial charge in [-0.25, -0.2) is 14.8 Å². The van der Waals surface area contributed by atoms with E-state index in [0.29, 0.717) is 17.0 Å². The van der Waals surface area contributed by atoms with Gasteiger partial charge in [0.05, 0.1) is 5.69 Å². The smallest absolute Gasteiger partial charge is 0.413 e. The fraction of sp³-hybridized carbons (Fsp3) is 0.500. The molecule has 0 radical (unpaired) electrons. The van der Waals surface area contributed by atoms with E-state index in [1.54, 1.807) is 31.4 Å². The number of amides is 1. The van der Waals surface area contributed by atoms with Crippen molar-refractivity contribution in [3.63, 3.8) is 0 Å². The SMILES string of the molecule is CC(C)(C)OC(=O)Nc1nc(C#C[Si](C)(C)C)cn2c(C=O)c(C3CC3)nc12. The summed E-state index contributed by atoms with van der Waals surface area (Å²) in [5.41, 5.74) is 4.76. The number of aldehydes is 1. The standard InChI is InChI=1S/C20H26N4O3Si/c1-20(2,3)27-19(26)23-17-18-22-16(13-7-8-13)15(12-25)24(18)11-14(21-17)9-10-28(4,5)6/h11-13H,7-8H2,1-6H3,(H,21,23,26). The maximum atomic E-state index is 12.3. The average molecular weight is 399 g/mol. The first-order valence-electron chi connectivity index (χ1n) is 9.38. The third-order valence-corrected chi connectivity index (χ3v) is 4.81. The van der Waals surface area contributed by atoms with Crippen LogP contribution in [-0.2, 0) is 4.74 Å². The molecule has 3 rings (SSSR count). The van der Waals surface area contributed by atoms with Crippen molar-refractivity contribution in [1.29, 1.82) is 0 Å². The number of rotatable bonds is 3. The Bertz CT molecular complexity index is 999. The van der Waals surface area contributed by atoms with Crippen molar-refractivity contribution in [1.82, 2.24) is 14.4 Å². The molecule has 7 nitrogen and oxygen atoms in total. The van der Waals surface area contributed by atoms with Crippen molar-refractivity contribution in [2.24, 2.45) is 0 Å². The molecule has 28 heavy (non-hydrogen) atoms. The summed E-state index contributed by atoms with van der Waals surface area (Å²) in [6.07, 6.45) is 3.91. The normalized spacial score (nSPS) is 14.4. The van der Waals surface area contributed by atoms with Gasteiger partial charge >= 0.3 is 6.09 Å². The van der Waals surface area contributed by atoms with Gasteiger partial charge in [0.25, 0.3) is 0 Å². The zero-order chi connectivity index (χ0) is 20.7. The highest BCUT2D eigenvalue weighted by Gasteiger charge is 2.31. The minimum absolute atomic E-state index is 0.242. The van der Waals surface area contributed by atoms with E-state index in [2.05, 4.69) is 46.4 Å². The summed E-state index contributed by atoms with van der Waals surface area (Å²) in [6, 6.07) is 0. The van der Waals surface area contributed by atoms with E-state index < -0.39 is 19.8 Å². The Labute approximate surface area is 165 Å². The van der Waals surface area contributed by atoms with Crippen LogP contribution >= 0.6 is 0 Å². The summed E-state index contributed by atoms with van der Waals surface area (Å²) in [6.45, 7) is 11.8. The Balaban J connectivity index is 2.11. The van der Waals surface area contributed by atoms with Gasteiger partial charge in [-0.1, -0.05) is 25.6 Å². The molecule has 0 spiro atoms. The van der Waals surface area contributed by atoms with Gasteiger partial charge in [-0.15, -0.1) is 5.54 Å². The summed E-state index contributed by atoms with van der Waals surface area (Å²) >= 11 is 0. The lowest BCUT2D eigenvalue weighted by atomic mass is 10.2. The predicted molar refractivity (Wildman–Crippen MR) is 110 cm³/mol. The number of anilines is 1. The quantitative estimate of drug-likeness (QED) is 0.480. The van der Waals surface area contributed by atoms with Crippen molar-refractivity contribution >= 4 is 31.9 Å². The molecule has 0 unspecified atom stereocenters. The van der Waals surface area contributed by atoms with E-state index in [1.165, 1.54) is 0 Å².